The minimum atomic E-state index is -0.728. The number of nitrogens with zero attached hydrogens (tertiary/aromatic N) is 2. The zero-order chi connectivity index (χ0) is 15.0. The SMILES string of the molecule is CC1CCCC(N)(c2noc(-c3ccc(F)cc3F)n2)C1. The number of aromatic nitrogens is 2. The minimum Gasteiger partial charge on any atom is -0.334 e. The molecule has 2 aromatic rings. The van der Waals surface area contributed by atoms with E-state index < -0.39 is 17.2 Å². The van der Waals surface area contributed by atoms with Gasteiger partial charge in [-0.2, -0.15) is 4.98 Å². The van der Waals surface area contributed by atoms with Gasteiger partial charge in [0.2, 0.25) is 0 Å². The largest absolute Gasteiger partial charge is 0.334 e. The molecule has 0 bridgehead atoms. The second-order valence-corrected chi connectivity index (χ2v) is 5.90. The third kappa shape index (κ3) is 2.68. The predicted octanol–water partition coefficient (Wildman–Crippen LogP) is 3.38. The van der Waals surface area contributed by atoms with E-state index in [0.29, 0.717) is 11.7 Å². The minimum absolute atomic E-state index is 0.0329. The van der Waals surface area contributed by atoms with E-state index in [1.807, 2.05) is 0 Å². The predicted molar refractivity (Wildman–Crippen MR) is 73.1 cm³/mol. The molecule has 1 aliphatic rings. The summed E-state index contributed by atoms with van der Waals surface area (Å²) in [5, 5.41) is 3.91. The lowest BCUT2D eigenvalue weighted by atomic mass is 9.76. The van der Waals surface area contributed by atoms with Crippen molar-refractivity contribution in [3.63, 3.8) is 0 Å². The molecule has 6 heteroatoms. The zero-order valence-corrected chi connectivity index (χ0v) is 11.8. The Morgan fingerprint density at radius 3 is 2.90 bits per heavy atom. The molecule has 1 heterocycles. The van der Waals surface area contributed by atoms with Gasteiger partial charge in [0, 0.05) is 6.07 Å². The van der Waals surface area contributed by atoms with E-state index in [2.05, 4.69) is 17.1 Å². The van der Waals surface area contributed by atoms with Crippen molar-refractivity contribution >= 4 is 0 Å². The molecule has 1 fully saturated rings. The first-order chi connectivity index (χ1) is 9.98. The zero-order valence-electron chi connectivity index (χ0n) is 11.8. The normalized spacial score (nSPS) is 26.0. The Morgan fingerprint density at radius 2 is 2.19 bits per heavy atom. The molecule has 0 aliphatic heterocycles. The second-order valence-electron chi connectivity index (χ2n) is 5.90. The van der Waals surface area contributed by atoms with Gasteiger partial charge >= 0.3 is 0 Å². The number of hydrogen-bond acceptors (Lipinski definition) is 4. The van der Waals surface area contributed by atoms with Gasteiger partial charge in [0.25, 0.3) is 5.89 Å². The first kappa shape index (κ1) is 14.1. The van der Waals surface area contributed by atoms with Gasteiger partial charge in [0.05, 0.1) is 11.1 Å². The first-order valence-electron chi connectivity index (χ1n) is 7.06. The van der Waals surface area contributed by atoms with Gasteiger partial charge in [0.1, 0.15) is 11.6 Å². The summed E-state index contributed by atoms with van der Waals surface area (Å²) >= 11 is 0. The van der Waals surface area contributed by atoms with Gasteiger partial charge in [-0.25, -0.2) is 8.78 Å². The molecule has 1 aromatic heterocycles. The third-order valence-corrected chi connectivity index (χ3v) is 4.07. The number of nitrogens with two attached hydrogens (primary N) is 1. The van der Waals surface area contributed by atoms with Crippen molar-refractivity contribution in [1.82, 2.24) is 10.1 Å². The van der Waals surface area contributed by atoms with Crippen LogP contribution >= 0.6 is 0 Å². The molecule has 2 unspecified atom stereocenters. The number of rotatable bonds is 2. The Labute approximate surface area is 121 Å². The number of hydrogen-bond donors (Lipinski definition) is 1. The van der Waals surface area contributed by atoms with Crippen LogP contribution in [0.25, 0.3) is 11.5 Å². The Kier molecular flexibility index (Phi) is 3.49. The molecular weight excluding hydrogens is 276 g/mol. The van der Waals surface area contributed by atoms with Gasteiger partial charge in [-0.15, -0.1) is 0 Å². The molecule has 0 spiro atoms. The van der Waals surface area contributed by atoms with Crippen LogP contribution in [0.15, 0.2) is 22.7 Å². The highest BCUT2D eigenvalue weighted by Crippen LogP contribution is 2.37. The monoisotopic (exact) mass is 293 g/mol. The maximum atomic E-state index is 13.7. The summed E-state index contributed by atoms with van der Waals surface area (Å²) in [4.78, 5) is 4.24. The lowest BCUT2D eigenvalue weighted by Gasteiger charge is -2.33. The standard InChI is InChI=1S/C15H17F2N3O/c1-9-3-2-6-15(18,8-9)14-19-13(21-20-14)11-5-4-10(16)7-12(11)17/h4-5,7,9H,2-3,6,8,18H2,1H3. The molecule has 112 valence electrons. The van der Waals surface area contributed by atoms with Crippen LogP contribution in [0.4, 0.5) is 8.78 Å². The smallest absolute Gasteiger partial charge is 0.260 e. The number of benzene rings is 1. The van der Waals surface area contributed by atoms with Crippen LogP contribution in [0.1, 0.15) is 38.4 Å². The molecule has 1 aromatic carbocycles. The van der Waals surface area contributed by atoms with Gasteiger partial charge in [0.15, 0.2) is 5.82 Å². The summed E-state index contributed by atoms with van der Waals surface area (Å²) in [7, 11) is 0. The molecule has 21 heavy (non-hydrogen) atoms. The summed E-state index contributed by atoms with van der Waals surface area (Å²) < 4.78 is 31.8. The molecule has 0 saturated heterocycles. The Hall–Kier alpha value is -1.82. The lowest BCUT2D eigenvalue weighted by Crippen LogP contribution is -2.42. The van der Waals surface area contributed by atoms with Crippen LogP contribution in [0.3, 0.4) is 0 Å². The highest BCUT2D eigenvalue weighted by molar-refractivity contribution is 5.53. The maximum absolute atomic E-state index is 13.7. The van der Waals surface area contributed by atoms with Crippen LogP contribution in [0, 0.1) is 17.6 Å². The van der Waals surface area contributed by atoms with Crippen LogP contribution in [0.2, 0.25) is 0 Å². The summed E-state index contributed by atoms with van der Waals surface area (Å²) in [6.45, 7) is 2.14. The van der Waals surface area contributed by atoms with E-state index in [9.17, 15) is 8.78 Å². The van der Waals surface area contributed by atoms with Gasteiger partial charge < -0.3 is 10.3 Å². The molecule has 2 N–H and O–H groups in total. The summed E-state index contributed by atoms with van der Waals surface area (Å²) in [6.07, 6.45) is 3.70. The van der Waals surface area contributed by atoms with Crippen LogP contribution in [-0.4, -0.2) is 10.1 Å². The first-order valence-corrected chi connectivity index (χ1v) is 7.06. The molecule has 0 amide bonds. The molecule has 4 nitrogen and oxygen atoms in total. The van der Waals surface area contributed by atoms with Crippen molar-refractivity contribution < 1.29 is 13.3 Å². The van der Waals surface area contributed by atoms with Crippen molar-refractivity contribution in [3.05, 3.63) is 35.7 Å². The Morgan fingerprint density at radius 1 is 1.38 bits per heavy atom. The molecule has 1 aliphatic carbocycles. The van der Waals surface area contributed by atoms with Crippen molar-refractivity contribution in [2.75, 3.05) is 0 Å². The van der Waals surface area contributed by atoms with E-state index in [1.54, 1.807) is 0 Å². The fourth-order valence-corrected chi connectivity index (χ4v) is 2.99. The topological polar surface area (TPSA) is 64.9 Å². The van der Waals surface area contributed by atoms with Crippen LogP contribution in [-0.2, 0) is 5.54 Å². The van der Waals surface area contributed by atoms with E-state index in [0.717, 1.165) is 37.8 Å². The summed E-state index contributed by atoms with van der Waals surface area (Å²) in [5.41, 5.74) is 5.84. The van der Waals surface area contributed by atoms with Crippen molar-refractivity contribution in [2.24, 2.45) is 11.7 Å². The Balaban J connectivity index is 1.92. The fourth-order valence-electron chi connectivity index (χ4n) is 2.99. The third-order valence-electron chi connectivity index (χ3n) is 4.07. The highest BCUT2D eigenvalue weighted by atomic mass is 19.1. The van der Waals surface area contributed by atoms with Gasteiger partial charge in [-0.3, -0.25) is 0 Å². The van der Waals surface area contributed by atoms with Crippen LogP contribution in [0.5, 0.6) is 0 Å². The fraction of sp³-hybridized carbons (Fsp3) is 0.467. The lowest BCUT2D eigenvalue weighted by molar-refractivity contribution is 0.222. The van der Waals surface area contributed by atoms with Gasteiger partial charge in [-0.05, 0) is 30.9 Å². The Bertz CT molecular complexity index is 658. The van der Waals surface area contributed by atoms with Crippen LogP contribution < -0.4 is 5.73 Å². The van der Waals surface area contributed by atoms with E-state index in [4.69, 9.17) is 10.3 Å². The molecule has 2 atom stereocenters. The molecule has 1 saturated carbocycles. The van der Waals surface area contributed by atoms with E-state index in [-0.39, 0.29) is 11.5 Å². The second kappa shape index (κ2) is 5.18. The average Bonchev–Trinajstić information content (AvgIpc) is 2.88. The van der Waals surface area contributed by atoms with Gasteiger partial charge in [-0.1, -0.05) is 24.9 Å². The van der Waals surface area contributed by atoms with E-state index >= 15 is 0 Å². The average molecular weight is 293 g/mol. The maximum Gasteiger partial charge on any atom is 0.260 e. The molecule has 0 radical (unpaired) electrons. The van der Waals surface area contributed by atoms with E-state index in [1.165, 1.54) is 6.07 Å². The molecule has 3 rings (SSSR count). The van der Waals surface area contributed by atoms with Crippen molar-refractivity contribution in [3.8, 4) is 11.5 Å². The summed E-state index contributed by atoms with van der Waals surface area (Å²) in [5.74, 6) is -0.452. The van der Waals surface area contributed by atoms with Crippen molar-refractivity contribution in [2.45, 2.75) is 38.1 Å². The quantitative estimate of drug-likeness (QED) is 0.922. The number of halogens is 2. The summed E-state index contributed by atoms with van der Waals surface area (Å²) in [6, 6.07) is 3.23. The van der Waals surface area contributed by atoms with Crippen molar-refractivity contribution in [1.29, 1.82) is 0 Å². The highest BCUT2D eigenvalue weighted by Gasteiger charge is 2.37. The molecular formula is C15H17F2N3O.